The van der Waals surface area contributed by atoms with Gasteiger partial charge in [-0.05, 0) is 79.1 Å². The van der Waals surface area contributed by atoms with Crippen LogP contribution in [0.5, 0.6) is 0 Å². The van der Waals surface area contributed by atoms with Crippen molar-refractivity contribution >= 4 is 34.0 Å². The van der Waals surface area contributed by atoms with Gasteiger partial charge in [-0.2, -0.15) is 12.7 Å². The predicted molar refractivity (Wildman–Crippen MR) is 156 cm³/mol. The van der Waals surface area contributed by atoms with E-state index < -0.39 is 51.3 Å². The Labute approximate surface area is 249 Å². The van der Waals surface area contributed by atoms with Crippen molar-refractivity contribution in [1.29, 1.82) is 0 Å². The van der Waals surface area contributed by atoms with Gasteiger partial charge in [-0.1, -0.05) is 31.4 Å². The summed E-state index contributed by atoms with van der Waals surface area (Å²) >= 11 is 0. The molecule has 4 aliphatic rings. The van der Waals surface area contributed by atoms with Gasteiger partial charge >= 0.3 is 16.3 Å². The van der Waals surface area contributed by atoms with Crippen LogP contribution in [0.15, 0.2) is 12.2 Å². The summed E-state index contributed by atoms with van der Waals surface area (Å²) in [6.45, 7) is 7.74. The van der Waals surface area contributed by atoms with Gasteiger partial charge in [0, 0.05) is 25.0 Å². The van der Waals surface area contributed by atoms with E-state index in [4.69, 9.17) is 4.74 Å². The van der Waals surface area contributed by atoms with Crippen LogP contribution in [0.3, 0.4) is 0 Å². The number of amides is 4. The molecular weight excluding hydrogens is 562 g/mol. The largest absolute Gasteiger partial charge is 0.444 e. The third kappa shape index (κ3) is 7.64. The molecule has 42 heavy (non-hydrogen) atoms. The fourth-order valence-corrected chi connectivity index (χ4v) is 7.72. The maximum Gasteiger partial charge on any atom is 0.408 e. The number of piperidine rings is 1. The van der Waals surface area contributed by atoms with Crippen LogP contribution in [0, 0.1) is 5.92 Å². The van der Waals surface area contributed by atoms with Gasteiger partial charge in [0.1, 0.15) is 23.2 Å². The number of nitrogens with one attached hydrogen (secondary N) is 3. The van der Waals surface area contributed by atoms with Crippen LogP contribution in [0.4, 0.5) is 4.79 Å². The monoisotopic (exact) mass is 609 g/mol. The minimum atomic E-state index is -4.09. The topological polar surface area (TPSA) is 154 Å². The van der Waals surface area contributed by atoms with E-state index in [2.05, 4.69) is 15.4 Å². The van der Waals surface area contributed by atoms with Crippen LogP contribution in [-0.2, 0) is 29.3 Å². The number of hydrogen-bond acceptors (Lipinski definition) is 7. The number of carbonyl (C=O) groups is 4. The minimum Gasteiger partial charge on any atom is -0.444 e. The molecule has 4 rings (SSSR count). The van der Waals surface area contributed by atoms with Gasteiger partial charge in [-0.15, -0.1) is 0 Å². The average molecular weight is 610 g/mol. The molecule has 1 unspecified atom stereocenters. The molecule has 1 aliphatic carbocycles. The Morgan fingerprint density at radius 2 is 1.76 bits per heavy atom. The van der Waals surface area contributed by atoms with Crippen LogP contribution in [-0.4, -0.2) is 83.8 Å². The fourth-order valence-electron chi connectivity index (χ4n) is 6.24. The van der Waals surface area contributed by atoms with Crippen LogP contribution in [0.2, 0.25) is 0 Å². The lowest BCUT2D eigenvalue weighted by Gasteiger charge is -2.33. The molecular formula is C29H47N5O7S. The fraction of sp³-hybridized carbons (Fsp3) is 0.793. The van der Waals surface area contributed by atoms with Gasteiger partial charge in [-0.3, -0.25) is 14.4 Å². The second-order valence-electron chi connectivity index (χ2n) is 13.1. The van der Waals surface area contributed by atoms with Crippen LogP contribution >= 0.6 is 0 Å². The molecule has 0 aromatic rings. The highest BCUT2D eigenvalue weighted by atomic mass is 32.2. The smallest absolute Gasteiger partial charge is 0.408 e. The average Bonchev–Trinajstić information content (AvgIpc) is 3.35. The summed E-state index contributed by atoms with van der Waals surface area (Å²) in [6, 6.07) is -1.91. The van der Waals surface area contributed by atoms with Crippen LogP contribution in [0.1, 0.15) is 98.3 Å². The number of carbonyl (C=O) groups excluding carboxylic acids is 4. The van der Waals surface area contributed by atoms with Gasteiger partial charge in [0.15, 0.2) is 0 Å². The van der Waals surface area contributed by atoms with Gasteiger partial charge in [0.25, 0.3) is 5.91 Å². The Bertz CT molecular complexity index is 1180. The van der Waals surface area contributed by atoms with Crippen molar-refractivity contribution in [3.05, 3.63) is 12.2 Å². The number of hydrogen-bond donors (Lipinski definition) is 3. The van der Waals surface area contributed by atoms with E-state index in [1.807, 2.05) is 19.1 Å². The minimum absolute atomic E-state index is 0.223. The summed E-state index contributed by atoms with van der Waals surface area (Å²) in [6.07, 6.45) is 10.3. The summed E-state index contributed by atoms with van der Waals surface area (Å²) in [4.78, 5) is 55.0. The molecule has 0 aromatic carbocycles. The number of rotatable bonds is 4. The van der Waals surface area contributed by atoms with E-state index >= 15 is 0 Å². The first-order valence-corrected chi connectivity index (χ1v) is 16.8. The van der Waals surface area contributed by atoms with Crippen LogP contribution in [0.25, 0.3) is 0 Å². The van der Waals surface area contributed by atoms with E-state index in [1.165, 1.54) is 9.21 Å². The summed E-state index contributed by atoms with van der Waals surface area (Å²) in [5.41, 5.74) is -2.14. The highest BCUT2D eigenvalue weighted by Crippen LogP contribution is 2.45. The predicted octanol–water partition coefficient (Wildman–Crippen LogP) is 2.50. The Kier molecular flexibility index (Phi) is 9.91. The molecule has 3 N–H and O–H groups in total. The number of nitrogens with zero attached hydrogens (tertiary/aromatic N) is 2. The molecule has 0 radical (unpaired) electrons. The van der Waals surface area contributed by atoms with E-state index in [0.717, 1.165) is 38.5 Å². The molecule has 2 saturated heterocycles. The molecule has 1 saturated carbocycles. The van der Waals surface area contributed by atoms with Gasteiger partial charge in [-0.25, -0.2) is 9.52 Å². The molecule has 4 amide bonds. The van der Waals surface area contributed by atoms with E-state index in [9.17, 15) is 27.6 Å². The molecule has 3 heterocycles. The van der Waals surface area contributed by atoms with Crippen LogP contribution < -0.4 is 15.4 Å². The molecule has 12 nitrogen and oxygen atoms in total. The first-order chi connectivity index (χ1) is 19.7. The highest BCUT2D eigenvalue weighted by molar-refractivity contribution is 7.87. The van der Waals surface area contributed by atoms with Crippen molar-refractivity contribution in [3.63, 3.8) is 0 Å². The zero-order valence-electron chi connectivity index (χ0n) is 25.3. The SMILES string of the molecule is CC1CCCCN1S(=O)(=O)NC(=O)[C@@]12C[C@H]1/C=C\CCCCC[C@H](NC(=O)OC(C)(C)C)C(=O)N1CCC[C@H]1C(=O)N2. The normalized spacial score (nSPS) is 32.3. The quantitative estimate of drug-likeness (QED) is 0.414. The van der Waals surface area contributed by atoms with Crippen molar-refractivity contribution in [2.24, 2.45) is 5.92 Å². The molecule has 236 valence electrons. The molecule has 0 aromatic heterocycles. The molecule has 3 fully saturated rings. The third-order valence-corrected chi connectivity index (χ3v) is 10.2. The second-order valence-corrected chi connectivity index (χ2v) is 14.7. The van der Waals surface area contributed by atoms with Gasteiger partial charge in [0.2, 0.25) is 11.8 Å². The van der Waals surface area contributed by atoms with Gasteiger partial charge < -0.3 is 20.3 Å². The van der Waals surface area contributed by atoms with E-state index in [0.29, 0.717) is 38.8 Å². The molecule has 0 spiro atoms. The number of allylic oxidation sites excluding steroid dienone is 1. The summed E-state index contributed by atoms with van der Waals surface area (Å²) < 4.78 is 35.4. The lowest BCUT2D eigenvalue weighted by Crippen LogP contribution is -2.59. The lowest BCUT2D eigenvalue weighted by molar-refractivity contribution is -0.141. The lowest BCUT2D eigenvalue weighted by atomic mass is 10.0. The summed E-state index contributed by atoms with van der Waals surface area (Å²) in [7, 11) is -4.09. The summed E-state index contributed by atoms with van der Waals surface area (Å²) in [5.74, 6) is -1.97. The Balaban J connectivity index is 1.54. The number of ether oxygens (including phenoxy) is 1. The van der Waals surface area contributed by atoms with Crippen molar-refractivity contribution in [2.75, 3.05) is 13.1 Å². The number of fused-ring (bicyclic) bond motifs is 2. The zero-order valence-corrected chi connectivity index (χ0v) is 26.1. The van der Waals surface area contributed by atoms with Crippen molar-refractivity contribution < 1.29 is 32.3 Å². The third-order valence-electron chi connectivity index (χ3n) is 8.60. The van der Waals surface area contributed by atoms with E-state index in [-0.39, 0.29) is 24.3 Å². The highest BCUT2D eigenvalue weighted by Gasteiger charge is 2.61. The standard InChI is InChI=1S/C29H47N5O7S/c1-20-13-10-11-18-34(20)42(39,40)32-26(37)29-19-21(29)14-8-6-5-7-9-15-22(30-27(38)41-28(2,3)4)25(36)33-17-12-16-23(33)24(35)31-29/h8,14,20-23H,5-7,9-13,15-19H2,1-4H3,(H,30,38)(H,31,35)(H,32,37)/b14-8-/t20?,21-,22+,23+,29-/m1/s1. The molecule has 5 atom stereocenters. The Morgan fingerprint density at radius 3 is 2.48 bits per heavy atom. The van der Waals surface area contributed by atoms with Crippen molar-refractivity contribution in [2.45, 2.75) is 128 Å². The van der Waals surface area contributed by atoms with Crippen molar-refractivity contribution in [3.8, 4) is 0 Å². The molecule has 13 heteroatoms. The second kappa shape index (κ2) is 12.9. The van der Waals surface area contributed by atoms with Gasteiger partial charge in [0.05, 0.1) is 0 Å². The Morgan fingerprint density at radius 1 is 1.02 bits per heavy atom. The first kappa shape index (κ1) is 32.2. The maximum absolute atomic E-state index is 13.7. The number of alkyl carbamates (subject to hydrolysis) is 1. The van der Waals surface area contributed by atoms with Crippen molar-refractivity contribution in [1.82, 2.24) is 24.6 Å². The Hall–Kier alpha value is -2.67. The molecule has 3 aliphatic heterocycles. The maximum atomic E-state index is 13.7. The first-order valence-electron chi connectivity index (χ1n) is 15.4. The summed E-state index contributed by atoms with van der Waals surface area (Å²) in [5, 5.41) is 5.58. The zero-order chi connectivity index (χ0) is 30.7. The van der Waals surface area contributed by atoms with E-state index in [1.54, 1.807) is 20.8 Å². The molecule has 0 bridgehead atoms.